The summed E-state index contributed by atoms with van der Waals surface area (Å²) in [6, 6.07) is 8.23. The number of imidazole rings is 1. The van der Waals surface area contributed by atoms with Crippen molar-refractivity contribution in [2.75, 3.05) is 17.2 Å². The maximum absolute atomic E-state index is 12.5. The fourth-order valence-electron chi connectivity index (χ4n) is 2.65. The standard InChI is InChI=1S/C16H19N3OS/c1-18-11-9-17-16(18)21-12-8-15(20)19-10-4-6-13-5-2-3-7-14(13)19/h2-3,5,7,9,11H,4,6,8,10,12H2,1H3. The third-order valence-electron chi connectivity index (χ3n) is 3.74. The molecule has 1 aromatic heterocycles. The van der Waals surface area contributed by atoms with E-state index in [1.165, 1.54) is 5.56 Å². The van der Waals surface area contributed by atoms with Crippen molar-refractivity contribution in [1.82, 2.24) is 9.55 Å². The van der Waals surface area contributed by atoms with Crippen LogP contribution >= 0.6 is 11.8 Å². The van der Waals surface area contributed by atoms with E-state index in [1.807, 2.05) is 34.8 Å². The fraction of sp³-hybridized carbons (Fsp3) is 0.375. The number of benzene rings is 1. The molecular formula is C16H19N3OS. The summed E-state index contributed by atoms with van der Waals surface area (Å²) in [6.45, 7) is 0.836. The summed E-state index contributed by atoms with van der Waals surface area (Å²) >= 11 is 1.63. The molecule has 0 fully saturated rings. The summed E-state index contributed by atoms with van der Waals surface area (Å²) < 4.78 is 1.98. The Bertz CT molecular complexity index is 638. The number of fused-ring (bicyclic) bond motifs is 1. The number of nitrogens with zero attached hydrogens (tertiary/aromatic N) is 3. The molecule has 0 atom stereocenters. The van der Waals surface area contributed by atoms with Crippen LogP contribution in [0.15, 0.2) is 41.8 Å². The van der Waals surface area contributed by atoms with Crippen LogP contribution in [0.25, 0.3) is 0 Å². The van der Waals surface area contributed by atoms with Gasteiger partial charge in [-0.25, -0.2) is 4.98 Å². The second-order valence-electron chi connectivity index (χ2n) is 5.20. The molecule has 0 radical (unpaired) electrons. The summed E-state index contributed by atoms with van der Waals surface area (Å²) in [5, 5.41) is 0.960. The Labute approximate surface area is 129 Å². The monoisotopic (exact) mass is 301 g/mol. The van der Waals surface area contributed by atoms with E-state index in [4.69, 9.17) is 0 Å². The SMILES string of the molecule is Cn1ccnc1SCCC(=O)N1CCCc2ccccc21. The number of para-hydroxylation sites is 1. The van der Waals surface area contributed by atoms with Gasteiger partial charge in [0.1, 0.15) is 0 Å². The molecule has 0 saturated heterocycles. The van der Waals surface area contributed by atoms with Crippen molar-refractivity contribution < 1.29 is 4.79 Å². The van der Waals surface area contributed by atoms with Crippen molar-refractivity contribution in [1.29, 1.82) is 0 Å². The highest BCUT2D eigenvalue weighted by molar-refractivity contribution is 7.99. The molecule has 21 heavy (non-hydrogen) atoms. The maximum atomic E-state index is 12.5. The number of aromatic nitrogens is 2. The molecule has 0 spiro atoms. The number of carbonyl (C=O) groups excluding carboxylic acids is 1. The van der Waals surface area contributed by atoms with Crippen molar-refractivity contribution in [3.8, 4) is 0 Å². The predicted molar refractivity (Wildman–Crippen MR) is 85.7 cm³/mol. The molecule has 2 heterocycles. The number of amides is 1. The van der Waals surface area contributed by atoms with Gasteiger partial charge in [0.2, 0.25) is 5.91 Å². The normalized spacial score (nSPS) is 14.0. The van der Waals surface area contributed by atoms with Crippen LogP contribution in [0.5, 0.6) is 0 Å². The maximum Gasteiger partial charge on any atom is 0.227 e. The summed E-state index contributed by atoms with van der Waals surface area (Å²) in [4.78, 5) is 18.7. The van der Waals surface area contributed by atoms with Crippen molar-refractivity contribution in [3.63, 3.8) is 0 Å². The molecular weight excluding hydrogens is 282 g/mol. The third kappa shape index (κ3) is 3.13. The smallest absolute Gasteiger partial charge is 0.227 e. The highest BCUT2D eigenvalue weighted by Gasteiger charge is 2.21. The van der Waals surface area contributed by atoms with Crippen LogP contribution in [0.3, 0.4) is 0 Å². The zero-order valence-corrected chi connectivity index (χ0v) is 13.0. The molecule has 0 aliphatic carbocycles. The second-order valence-corrected chi connectivity index (χ2v) is 6.26. The van der Waals surface area contributed by atoms with Gasteiger partial charge in [0.05, 0.1) is 0 Å². The van der Waals surface area contributed by atoms with Crippen LogP contribution in [0, 0.1) is 0 Å². The largest absolute Gasteiger partial charge is 0.329 e. The molecule has 2 aromatic rings. The van der Waals surface area contributed by atoms with Crippen molar-refractivity contribution in [3.05, 3.63) is 42.2 Å². The summed E-state index contributed by atoms with van der Waals surface area (Å²) in [7, 11) is 1.97. The zero-order chi connectivity index (χ0) is 14.7. The number of hydrogen-bond donors (Lipinski definition) is 0. The van der Waals surface area contributed by atoms with Gasteiger partial charge < -0.3 is 9.47 Å². The van der Waals surface area contributed by atoms with Crippen LogP contribution in [0.2, 0.25) is 0 Å². The van der Waals surface area contributed by atoms with Crippen molar-refractivity contribution >= 4 is 23.4 Å². The molecule has 1 aliphatic heterocycles. The first-order valence-corrected chi connectivity index (χ1v) is 8.22. The van der Waals surface area contributed by atoms with E-state index in [2.05, 4.69) is 17.1 Å². The molecule has 4 nitrogen and oxygen atoms in total. The number of aryl methyl sites for hydroxylation is 2. The first-order chi connectivity index (χ1) is 10.3. The average Bonchev–Trinajstić information content (AvgIpc) is 2.92. The van der Waals surface area contributed by atoms with Gasteiger partial charge in [-0.1, -0.05) is 30.0 Å². The molecule has 0 unspecified atom stereocenters. The highest BCUT2D eigenvalue weighted by Crippen LogP contribution is 2.27. The van der Waals surface area contributed by atoms with Crippen molar-refractivity contribution in [2.45, 2.75) is 24.4 Å². The van der Waals surface area contributed by atoms with Gasteiger partial charge in [0, 0.05) is 43.8 Å². The van der Waals surface area contributed by atoms with E-state index in [0.29, 0.717) is 6.42 Å². The topological polar surface area (TPSA) is 38.1 Å². The van der Waals surface area contributed by atoms with Crippen molar-refractivity contribution in [2.24, 2.45) is 7.05 Å². The van der Waals surface area contributed by atoms with Crippen LogP contribution in [0.4, 0.5) is 5.69 Å². The summed E-state index contributed by atoms with van der Waals surface area (Å²) in [6.07, 6.45) is 6.37. The molecule has 0 saturated carbocycles. The third-order valence-corrected chi connectivity index (χ3v) is 4.80. The van der Waals surface area contributed by atoms with Crippen LogP contribution < -0.4 is 4.90 Å². The number of rotatable bonds is 4. The Morgan fingerprint density at radius 3 is 3.05 bits per heavy atom. The lowest BCUT2D eigenvalue weighted by Gasteiger charge is -2.29. The minimum Gasteiger partial charge on any atom is -0.329 e. The van der Waals surface area contributed by atoms with Gasteiger partial charge in [0.15, 0.2) is 5.16 Å². The number of anilines is 1. The van der Waals surface area contributed by atoms with E-state index >= 15 is 0 Å². The molecule has 5 heteroatoms. The molecule has 1 aliphatic rings. The average molecular weight is 301 g/mol. The number of carbonyl (C=O) groups is 1. The predicted octanol–water partition coefficient (Wildman–Crippen LogP) is 2.88. The van der Waals surface area contributed by atoms with Crippen LogP contribution in [-0.2, 0) is 18.3 Å². The first-order valence-electron chi connectivity index (χ1n) is 7.24. The lowest BCUT2D eigenvalue weighted by atomic mass is 10.0. The highest BCUT2D eigenvalue weighted by atomic mass is 32.2. The molecule has 1 aromatic carbocycles. The Balaban J connectivity index is 1.60. The Morgan fingerprint density at radius 2 is 2.24 bits per heavy atom. The lowest BCUT2D eigenvalue weighted by Crippen LogP contribution is -2.35. The van der Waals surface area contributed by atoms with Gasteiger partial charge in [0.25, 0.3) is 0 Å². The molecule has 0 bridgehead atoms. The molecule has 110 valence electrons. The Kier molecular flexibility index (Phi) is 4.29. The van der Waals surface area contributed by atoms with Crippen LogP contribution in [0.1, 0.15) is 18.4 Å². The molecule has 0 N–H and O–H groups in total. The quantitative estimate of drug-likeness (QED) is 0.815. The van der Waals surface area contributed by atoms with E-state index in [1.54, 1.807) is 18.0 Å². The van der Waals surface area contributed by atoms with Gasteiger partial charge >= 0.3 is 0 Å². The van der Waals surface area contributed by atoms with Crippen LogP contribution in [-0.4, -0.2) is 27.8 Å². The molecule has 3 rings (SSSR count). The minimum atomic E-state index is 0.212. The van der Waals surface area contributed by atoms with Gasteiger partial charge in [-0.2, -0.15) is 0 Å². The first kappa shape index (κ1) is 14.2. The fourth-order valence-corrected chi connectivity index (χ4v) is 3.51. The number of thioether (sulfide) groups is 1. The zero-order valence-electron chi connectivity index (χ0n) is 12.2. The second kappa shape index (κ2) is 6.35. The lowest BCUT2D eigenvalue weighted by molar-refractivity contribution is -0.118. The molecule has 1 amide bonds. The summed E-state index contributed by atoms with van der Waals surface area (Å²) in [5.41, 5.74) is 2.38. The minimum absolute atomic E-state index is 0.212. The van der Waals surface area contributed by atoms with E-state index < -0.39 is 0 Å². The van der Waals surface area contributed by atoms with Gasteiger partial charge in [-0.05, 0) is 24.5 Å². The summed E-state index contributed by atoms with van der Waals surface area (Å²) in [5.74, 6) is 0.978. The van der Waals surface area contributed by atoms with Gasteiger partial charge in [-0.3, -0.25) is 4.79 Å². The Morgan fingerprint density at radius 1 is 1.38 bits per heavy atom. The Hall–Kier alpha value is -1.75. The van der Waals surface area contributed by atoms with Gasteiger partial charge in [-0.15, -0.1) is 0 Å². The van der Waals surface area contributed by atoms with E-state index in [-0.39, 0.29) is 5.91 Å². The van der Waals surface area contributed by atoms with E-state index in [9.17, 15) is 4.79 Å². The van der Waals surface area contributed by atoms with E-state index in [0.717, 1.165) is 36.0 Å². The number of hydrogen-bond acceptors (Lipinski definition) is 3.